The predicted octanol–water partition coefficient (Wildman–Crippen LogP) is 2.80. The van der Waals surface area contributed by atoms with Gasteiger partial charge >= 0.3 is 12.1 Å². The summed E-state index contributed by atoms with van der Waals surface area (Å²) in [6.45, 7) is 3.59. The molecule has 1 saturated heterocycles. The number of alkyl halides is 3. The Labute approximate surface area is 126 Å². The van der Waals surface area contributed by atoms with Crippen LogP contribution in [-0.2, 0) is 9.59 Å². The molecule has 1 unspecified atom stereocenters. The third kappa shape index (κ3) is 3.40. The fourth-order valence-electron chi connectivity index (χ4n) is 2.53. The summed E-state index contributed by atoms with van der Waals surface area (Å²) in [5.41, 5.74) is 2.29. The van der Waals surface area contributed by atoms with Gasteiger partial charge in [-0.25, -0.2) is 0 Å². The largest absolute Gasteiger partial charge is 0.471 e. The lowest BCUT2D eigenvalue weighted by Crippen LogP contribution is -2.48. The minimum absolute atomic E-state index is 0.0524. The van der Waals surface area contributed by atoms with E-state index in [0.29, 0.717) is 17.0 Å². The maximum atomic E-state index is 12.6. The number of hydrogen-bond donors (Lipinski definition) is 1. The van der Waals surface area contributed by atoms with Crippen LogP contribution in [0.4, 0.5) is 18.9 Å². The molecule has 1 aromatic rings. The Kier molecular flexibility index (Phi) is 4.44. The number of hydrogen-bond acceptors (Lipinski definition) is 2. The monoisotopic (exact) mass is 314 g/mol. The van der Waals surface area contributed by atoms with Gasteiger partial charge < -0.3 is 10.2 Å². The maximum Gasteiger partial charge on any atom is 0.471 e. The molecule has 1 aliphatic heterocycles. The summed E-state index contributed by atoms with van der Waals surface area (Å²) in [5.74, 6) is -2.53. The molecule has 0 radical (unpaired) electrons. The summed E-state index contributed by atoms with van der Waals surface area (Å²) >= 11 is 0. The van der Waals surface area contributed by atoms with Gasteiger partial charge in [0.1, 0.15) is 6.04 Å². The number of halogens is 3. The van der Waals surface area contributed by atoms with Crippen molar-refractivity contribution in [1.82, 2.24) is 4.90 Å². The maximum absolute atomic E-state index is 12.6. The molecule has 1 heterocycles. The van der Waals surface area contributed by atoms with Crippen LogP contribution >= 0.6 is 0 Å². The van der Waals surface area contributed by atoms with Gasteiger partial charge in [0.05, 0.1) is 0 Å². The number of likely N-dealkylation sites (tertiary alicyclic amines) is 1. The van der Waals surface area contributed by atoms with Crippen LogP contribution in [0.5, 0.6) is 0 Å². The van der Waals surface area contributed by atoms with E-state index in [1.54, 1.807) is 13.0 Å². The van der Waals surface area contributed by atoms with Gasteiger partial charge in [-0.3, -0.25) is 9.59 Å². The van der Waals surface area contributed by atoms with Crippen LogP contribution in [0.25, 0.3) is 0 Å². The third-order valence-electron chi connectivity index (χ3n) is 3.71. The molecule has 0 aromatic heterocycles. The molecule has 4 nitrogen and oxygen atoms in total. The van der Waals surface area contributed by atoms with Crippen molar-refractivity contribution in [3.05, 3.63) is 29.3 Å². The lowest BCUT2D eigenvalue weighted by molar-refractivity contribution is -0.186. The van der Waals surface area contributed by atoms with Crippen LogP contribution in [0.15, 0.2) is 18.2 Å². The number of aryl methyl sites for hydroxylation is 2. The molecule has 7 heteroatoms. The number of benzene rings is 1. The molecule has 0 saturated carbocycles. The molecule has 1 atom stereocenters. The first kappa shape index (κ1) is 16.3. The summed E-state index contributed by atoms with van der Waals surface area (Å²) in [4.78, 5) is 24.2. The van der Waals surface area contributed by atoms with Crippen LogP contribution < -0.4 is 5.32 Å². The van der Waals surface area contributed by atoms with Crippen molar-refractivity contribution in [2.75, 3.05) is 11.9 Å². The van der Waals surface area contributed by atoms with Crippen molar-refractivity contribution in [2.24, 2.45) is 0 Å². The average molecular weight is 314 g/mol. The molecule has 1 fully saturated rings. The highest BCUT2D eigenvalue weighted by atomic mass is 19.4. The van der Waals surface area contributed by atoms with Crippen molar-refractivity contribution >= 4 is 17.5 Å². The molecule has 1 N–H and O–H groups in total. The van der Waals surface area contributed by atoms with Gasteiger partial charge in [-0.1, -0.05) is 12.1 Å². The second-order valence-electron chi connectivity index (χ2n) is 5.46. The lowest BCUT2D eigenvalue weighted by Gasteiger charge is -2.25. The van der Waals surface area contributed by atoms with Crippen molar-refractivity contribution in [3.63, 3.8) is 0 Å². The van der Waals surface area contributed by atoms with Gasteiger partial charge in [-0.2, -0.15) is 13.2 Å². The number of anilines is 1. The molecular formula is C15H17F3N2O2. The topological polar surface area (TPSA) is 49.4 Å². The first-order valence-corrected chi connectivity index (χ1v) is 6.96. The summed E-state index contributed by atoms with van der Waals surface area (Å²) in [7, 11) is 0. The fraction of sp³-hybridized carbons (Fsp3) is 0.467. The van der Waals surface area contributed by atoms with Crippen LogP contribution in [0.3, 0.4) is 0 Å². The highest BCUT2D eigenvalue weighted by Crippen LogP contribution is 2.27. The van der Waals surface area contributed by atoms with Crippen molar-refractivity contribution in [3.8, 4) is 0 Å². The highest BCUT2D eigenvalue weighted by molar-refractivity contribution is 5.98. The number of nitrogens with one attached hydrogen (secondary N) is 1. The van der Waals surface area contributed by atoms with Crippen molar-refractivity contribution in [1.29, 1.82) is 0 Å². The summed E-state index contributed by atoms with van der Waals surface area (Å²) < 4.78 is 37.7. The minimum atomic E-state index is -4.96. The summed E-state index contributed by atoms with van der Waals surface area (Å²) in [5, 5.41) is 2.63. The molecular weight excluding hydrogens is 297 g/mol. The average Bonchev–Trinajstić information content (AvgIpc) is 2.90. The fourth-order valence-corrected chi connectivity index (χ4v) is 2.53. The Morgan fingerprint density at radius 3 is 2.59 bits per heavy atom. The molecule has 2 amide bonds. The molecule has 120 valence electrons. The highest BCUT2D eigenvalue weighted by Gasteiger charge is 2.47. The zero-order chi connectivity index (χ0) is 16.5. The van der Waals surface area contributed by atoms with Crippen molar-refractivity contribution < 1.29 is 22.8 Å². The predicted molar refractivity (Wildman–Crippen MR) is 75.3 cm³/mol. The first-order chi connectivity index (χ1) is 10.2. The van der Waals surface area contributed by atoms with Gasteiger partial charge in [0, 0.05) is 12.2 Å². The first-order valence-electron chi connectivity index (χ1n) is 6.96. The number of nitrogens with zero attached hydrogens (tertiary/aromatic N) is 1. The molecule has 0 aliphatic carbocycles. The Hall–Kier alpha value is -2.05. The van der Waals surface area contributed by atoms with Crippen LogP contribution in [0.1, 0.15) is 24.0 Å². The minimum Gasteiger partial charge on any atom is -0.324 e. The second-order valence-corrected chi connectivity index (χ2v) is 5.46. The van der Waals surface area contributed by atoms with E-state index < -0.39 is 24.0 Å². The molecule has 22 heavy (non-hydrogen) atoms. The molecule has 1 aromatic carbocycles. The SMILES string of the molecule is Cc1ccc(C)c(NC(=O)C2CCCN2C(=O)C(F)(F)F)c1. The summed E-state index contributed by atoms with van der Waals surface area (Å²) in [6, 6.07) is 4.37. The Balaban J connectivity index is 2.15. The van der Waals surface area contributed by atoms with Crippen molar-refractivity contribution in [2.45, 2.75) is 38.9 Å². The van der Waals surface area contributed by atoms with E-state index in [1.807, 2.05) is 19.1 Å². The molecule has 2 rings (SSSR count). The second kappa shape index (κ2) is 5.98. The zero-order valence-electron chi connectivity index (χ0n) is 12.3. The van der Waals surface area contributed by atoms with Gasteiger partial charge in [0.15, 0.2) is 0 Å². The molecule has 1 aliphatic rings. The van der Waals surface area contributed by atoms with E-state index in [-0.39, 0.29) is 13.0 Å². The van der Waals surface area contributed by atoms with Gasteiger partial charge in [-0.15, -0.1) is 0 Å². The standard InChI is InChI=1S/C15H17F3N2O2/c1-9-5-6-10(2)11(8-9)19-13(21)12-4-3-7-20(12)14(22)15(16,17)18/h5-6,8,12H,3-4,7H2,1-2H3,(H,19,21). The normalized spacial score (nSPS) is 18.4. The van der Waals surface area contributed by atoms with Gasteiger partial charge in [0.25, 0.3) is 0 Å². The quantitative estimate of drug-likeness (QED) is 0.912. The van der Waals surface area contributed by atoms with Crippen LogP contribution in [0, 0.1) is 13.8 Å². The van der Waals surface area contributed by atoms with E-state index in [1.165, 1.54) is 0 Å². The Bertz CT molecular complexity index is 599. The zero-order valence-corrected chi connectivity index (χ0v) is 12.3. The Morgan fingerprint density at radius 2 is 1.95 bits per heavy atom. The van der Waals surface area contributed by atoms with E-state index in [4.69, 9.17) is 0 Å². The van der Waals surface area contributed by atoms with Crippen LogP contribution in [0.2, 0.25) is 0 Å². The molecule has 0 spiro atoms. The van der Waals surface area contributed by atoms with E-state index in [9.17, 15) is 22.8 Å². The van der Waals surface area contributed by atoms with E-state index in [2.05, 4.69) is 5.32 Å². The van der Waals surface area contributed by atoms with Gasteiger partial charge in [0.2, 0.25) is 5.91 Å². The molecule has 0 bridgehead atoms. The number of carbonyl (C=O) groups excluding carboxylic acids is 2. The summed E-state index contributed by atoms with van der Waals surface area (Å²) in [6.07, 6.45) is -4.34. The third-order valence-corrected chi connectivity index (χ3v) is 3.71. The van der Waals surface area contributed by atoms with E-state index in [0.717, 1.165) is 11.1 Å². The number of rotatable bonds is 2. The Morgan fingerprint density at radius 1 is 1.27 bits per heavy atom. The van der Waals surface area contributed by atoms with E-state index >= 15 is 0 Å². The number of amides is 2. The lowest BCUT2D eigenvalue weighted by atomic mass is 10.1. The van der Waals surface area contributed by atoms with Crippen LogP contribution in [-0.4, -0.2) is 35.5 Å². The number of carbonyl (C=O) groups is 2. The van der Waals surface area contributed by atoms with Gasteiger partial charge in [-0.05, 0) is 43.9 Å². The smallest absolute Gasteiger partial charge is 0.324 e.